The lowest BCUT2D eigenvalue weighted by molar-refractivity contribution is -0.130. The summed E-state index contributed by atoms with van der Waals surface area (Å²) in [6.45, 7) is 4.41. The average molecular weight is 572 g/mol. The van der Waals surface area contributed by atoms with Crippen LogP contribution >= 0.6 is 0 Å². The van der Waals surface area contributed by atoms with Crippen LogP contribution in [0.1, 0.15) is 24.2 Å². The van der Waals surface area contributed by atoms with Crippen LogP contribution in [0.25, 0.3) is 22.4 Å². The Bertz CT molecular complexity index is 1600. The van der Waals surface area contributed by atoms with E-state index >= 15 is 0 Å². The number of hydrogen-bond donors (Lipinski definition) is 2. The van der Waals surface area contributed by atoms with Crippen molar-refractivity contribution in [1.29, 1.82) is 0 Å². The van der Waals surface area contributed by atoms with Gasteiger partial charge < -0.3 is 29.6 Å². The molecule has 2 aromatic heterocycles. The van der Waals surface area contributed by atoms with Crippen LogP contribution in [0.4, 0.5) is 0 Å². The van der Waals surface area contributed by atoms with E-state index in [0.29, 0.717) is 47.0 Å². The number of nitrogens with one attached hydrogen (secondary N) is 2. The maximum atomic E-state index is 13.7. The summed E-state index contributed by atoms with van der Waals surface area (Å²) in [5.74, 6) is 0.369. The van der Waals surface area contributed by atoms with Gasteiger partial charge in [-0.05, 0) is 42.3 Å². The zero-order valence-electron chi connectivity index (χ0n) is 23.7. The van der Waals surface area contributed by atoms with E-state index in [1.165, 1.54) is 4.90 Å². The third-order valence-electron chi connectivity index (χ3n) is 7.01. The SMILES string of the molecule is COc1ccc2cc1OCCN(C(=O)c1ccc3nccnc3c1)CC(=O)N[C@H](C(C)C)C(=O)NCCn1ccnc1-2. The van der Waals surface area contributed by atoms with Crippen LogP contribution in [0.15, 0.2) is 61.2 Å². The van der Waals surface area contributed by atoms with Gasteiger partial charge in [-0.2, -0.15) is 0 Å². The van der Waals surface area contributed by atoms with Crippen LogP contribution in [-0.4, -0.2) is 81.5 Å². The van der Waals surface area contributed by atoms with E-state index < -0.39 is 11.9 Å². The summed E-state index contributed by atoms with van der Waals surface area (Å²) in [6, 6.07) is 9.73. The van der Waals surface area contributed by atoms with Gasteiger partial charge in [-0.25, -0.2) is 4.98 Å². The molecule has 218 valence electrons. The minimum absolute atomic E-state index is 0.0781. The Morgan fingerprint density at radius 1 is 1.02 bits per heavy atom. The first-order valence-corrected chi connectivity index (χ1v) is 13.7. The first-order chi connectivity index (χ1) is 20.3. The Kier molecular flexibility index (Phi) is 8.60. The molecular formula is C30H33N7O5. The van der Waals surface area contributed by atoms with E-state index in [2.05, 4.69) is 25.6 Å². The molecule has 12 heteroatoms. The molecule has 5 rings (SSSR count). The number of fused-ring (bicyclic) bond motifs is 5. The van der Waals surface area contributed by atoms with E-state index in [4.69, 9.17) is 9.47 Å². The Balaban J connectivity index is 1.47. The fourth-order valence-corrected chi connectivity index (χ4v) is 4.81. The van der Waals surface area contributed by atoms with Gasteiger partial charge in [-0.1, -0.05) is 13.8 Å². The molecule has 2 aromatic carbocycles. The molecule has 2 bridgehead atoms. The van der Waals surface area contributed by atoms with Crippen LogP contribution in [-0.2, 0) is 16.1 Å². The Labute approximate surface area is 243 Å². The molecule has 0 aliphatic carbocycles. The smallest absolute Gasteiger partial charge is 0.254 e. The fourth-order valence-electron chi connectivity index (χ4n) is 4.81. The number of carbonyl (C=O) groups is 3. The van der Waals surface area contributed by atoms with Gasteiger partial charge in [0.25, 0.3) is 5.91 Å². The Morgan fingerprint density at radius 2 is 1.83 bits per heavy atom. The maximum absolute atomic E-state index is 13.7. The minimum Gasteiger partial charge on any atom is -0.493 e. The molecule has 1 aliphatic rings. The van der Waals surface area contributed by atoms with E-state index in [0.717, 1.165) is 5.56 Å². The summed E-state index contributed by atoms with van der Waals surface area (Å²) in [5.41, 5.74) is 2.36. The van der Waals surface area contributed by atoms with Gasteiger partial charge in [0.2, 0.25) is 11.8 Å². The second-order valence-electron chi connectivity index (χ2n) is 10.2. The Hall–Kier alpha value is -5.00. The highest BCUT2D eigenvalue weighted by Crippen LogP contribution is 2.32. The quantitative estimate of drug-likeness (QED) is 0.382. The van der Waals surface area contributed by atoms with Gasteiger partial charge in [-0.3, -0.25) is 24.4 Å². The zero-order chi connectivity index (χ0) is 29.6. The molecule has 12 nitrogen and oxygen atoms in total. The third-order valence-corrected chi connectivity index (χ3v) is 7.01. The highest BCUT2D eigenvalue weighted by molar-refractivity contribution is 5.99. The number of imidazole rings is 1. The van der Waals surface area contributed by atoms with Crippen molar-refractivity contribution in [2.24, 2.45) is 5.92 Å². The van der Waals surface area contributed by atoms with Crippen molar-refractivity contribution < 1.29 is 23.9 Å². The van der Waals surface area contributed by atoms with E-state index in [1.54, 1.807) is 50.0 Å². The average Bonchev–Trinajstić information content (AvgIpc) is 3.46. The maximum Gasteiger partial charge on any atom is 0.254 e. The lowest BCUT2D eigenvalue weighted by Crippen LogP contribution is -2.53. The molecule has 1 atom stereocenters. The molecule has 3 amide bonds. The number of nitrogens with zero attached hydrogens (tertiary/aromatic N) is 5. The molecule has 0 unspecified atom stereocenters. The summed E-state index contributed by atoms with van der Waals surface area (Å²) < 4.78 is 13.5. The zero-order valence-corrected chi connectivity index (χ0v) is 23.7. The molecule has 42 heavy (non-hydrogen) atoms. The normalized spacial score (nSPS) is 16.7. The van der Waals surface area contributed by atoms with E-state index in [1.807, 2.05) is 36.7 Å². The first-order valence-electron chi connectivity index (χ1n) is 13.7. The van der Waals surface area contributed by atoms with Crippen molar-refractivity contribution in [1.82, 2.24) is 35.1 Å². The monoisotopic (exact) mass is 571 g/mol. The van der Waals surface area contributed by atoms with Crippen molar-refractivity contribution in [3.63, 3.8) is 0 Å². The molecule has 2 N–H and O–H groups in total. The van der Waals surface area contributed by atoms with Crippen molar-refractivity contribution in [2.45, 2.75) is 26.4 Å². The largest absolute Gasteiger partial charge is 0.493 e. The standard InChI is InChI=1S/C30H33N7O5/c1-19(2)27-29(39)34-11-13-36-12-10-33-28(36)20-5-7-24(41-3)25(17-20)42-15-14-37(18-26(38)35-27)30(40)21-4-6-22-23(16-21)32-9-8-31-22/h4-10,12,16-17,19,27H,11,13-15,18H2,1-3H3,(H,34,39)(H,35,38)/t27-/m1/s1. The van der Waals surface area contributed by atoms with Gasteiger partial charge in [0.15, 0.2) is 11.5 Å². The summed E-state index contributed by atoms with van der Waals surface area (Å²) in [5, 5.41) is 5.74. The van der Waals surface area contributed by atoms with Crippen LogP contribution in [0.2, 0.25) is 0 Å². The highest BCUT2D eigenvalue weighted by Gasteiger charge is 2.27. The number of hydrogen-bond acceptors (Lipinski definition) is 8. The van der Waals surface area contributed by atoms with Crippen LogP contribution in [0, 0.1) is 5.92 Å². The molecular weight excluding hydrogens is 538 g/mol. The predicted molar refractivity (Wildman–Crippen MR) is 155 cm³/mol. The fraction of sp³-hybridized carbons (Fsp3) is 0.333. The molecule has 4 aromatic rings. The van der Waals surface area contributed by atoms with Gasteiger partial charge >= 0.3 is 0 Å². The summed E-state index contributed by atoms with van der Waals surface area (Å²) in [4.78, 5) is 54.5. The van der Waals surface area contributed by atoms with E-state index in [9.17, 15) is 14.4 Å². The molecule has 0 radical (unpaired) electrons. The van der Waals surface area contributed by atoms with Crippen molar-refractivity contribution in [3.8, 4) is 22.9 Å². The van der Waals surface area contributed by atoms with Crippen LogP contribution in [0.5, 0.6) is 11.5 Å². The molecule has 3 heterocycles. The second-order valence-corrected chi connectivity index (χ2v) is 10.2. The van der Waals surface area contributed by atoms with Crippen molar-refractivity contribution in [3.05, 3.63) is 66.7 Å². The van der Waals surface area contributed by atoms with Gasteiger partial charge in [0, 0.05) is 49.0 Å². The van der Waals surface area contributed by atoms with Gasteiger partial charge in [0.1, 0.15) is 18.5 Å². The number of carbonyl (C=O) groups excluding carboxylic acids is 3. The number of amides is 3. The second kappa shape index (κ2) is 12.7. The topological polar surface area (TPSA) is 141 Å². The van der Waals surface area contributed by atoms with Gasteiger partial charge in [-0.15, -0.1) is 0 Å². The minimum atomic E-state index is -0.779. The summed E-state index contributed by atoms with van der Waals surface area (Å²) >= 11 is 0. The third kappa shape index (κ3) is 6.32. The lowest BCUT2D eigenvalue weighted by Gasteiger charge is -2.26. The van der Waals surface area contributed by atoms with Crippen molar-refractivity contribution in [2.75, 3.05) is 33.4 Å². The van der Waals surface area contributed by atoms with Crippen LogP contribution in [0.3, 0.4) is 0 Å². The number of methoxy groups -OCH3 is 1. The van der Waals surface area contributed by atoms with Crippen LogP contribution < -0.4 is 20.1 Å². The molecule has 0 spiro atoms. The lowest BCUT2D eigenvalue weighted by atomic mass is 10.0. The Morgan fingerprint density at radius 3 is 2.62 bits per heavy atom. The highest BCUT2D eigenvalue weighted by atomic mass is 16.5. The first kappa shape index (κ1) is 28.5. The molecule has 0 fully saturated rings. The molecule has 0 saturated heterocycles. The number of aromatic nitrogens is 4. The number of ether oxygens (including phenoxy) is 2. The number of rotatable bonds is 3. The summed E-state index contributed by atoms with van der Waals surface area (Å²) in [7, 11) is 1.55. The number of benzene rings is 2. The molecule has 1 aliphatic heterocycles. The summed E-state index contributed by atoms with van der Waals surface area (Å²) in [6.07, 6.45) is 6.66. The molecule has 0 saturated carbocycles. The van der Waals surface area contributed by atoms with E-state index in [-0.39, 0.29) is 37.4 Å². The van der Waals surface area contributed by atoms with Crippen molar-refractivity contribution >= 4 is 28.8 Å². The predicted octanol–water partition coefficient (Wildman–Crippen LogP) is 2.29. The van der Waals surface area contributed by atoms with Gasteiger partial charge in [0.05, 0.1) is 31.2 Å².